The van der Waals surface area contributed by atoms with Gasteiger partial charge in [-0.05, 0) is 25.8 Å². The van der Waals surface area contributed by atoms with Crippen molar-refractivity contribution in [3.63, 3.8) is 0 Å². The molecule has 0 radical (unpaired) electrons. The minimum atomic E-state index is -3.10. The number of amides is 1. The molecule has 1 amide bonds. The summed E-state index contributed by atoms with van der Waals surface area (Å²) in [5.74, 6) is 0.238. The summed E-state index contributed by atoms with van der Waals surface area (Å²) < 4.78 is 23.6. The van der Waals surface area contributed by atoms with E-state index in [1.54, 1.807) is 0 Å². The number of likely N-dealkylation sites (N-methyl/N-ethyl adjacent to an activating group) is 1. The molecule has 1 aliphatic heterocycles. The van der Waals surface area contributed by atoms with Crippen molar-refractivity contribution in [3.8, 4) is 0 Å². The number of likely N-dealkylation sites (tertiary alicyclic amines) is 1. The largest absolute Gasteiger partial charge is 0.338 e. The maximum atomic E-state index is 12.1. The van der Waals surface area contributed by atoms with Crippen LogP contribution in [0.1, 0.15) is 33.1 Å². The lowest BCUT2D eigenvalue weighted by molar-refractivity contribution is -0.131. The first-order chi connectivity index (χ1) is 8.85. The predicted molar refractivity (Wildman–Crippen MR) is 76.8 cm³/mol. The summed E-state index contributed by atoms with van der Waals surface area (Å²) in [4.78, 5) is 13.9. The fourth-order valence-electron chi connectivity index (χ4n) is 2.59. The minimum absolute atomic E-state index is 0.0210. The van der Waals surface area contributed by atoms with Gasteiger partial charge in [0.15, 0.2) is 9.84 Å². The first kappa shape index (κ1) is 16.4. The van der Waals surface area contributed by atoms with Crippen molar-refractivity contribution in [1.82, 2.24) is 10.2 Å². The Hall–Kier alpha value is -0.620. The van der Waals surface area contributed by atoms with Crippen molar-refractivity contribution in [2.75, 3.05) is 31.6 Å². The van der Waals surface area contributed by atoms with Gasteiger partial charge in [0.25, 0.3) is 0 Å². The van der Waals surface area contributed by atoms with Gasteiger partial charge in [-0.15, -0.1) is 0 Å². The Morgan fingerprint density at radius 3 is 2.68 bits per heavy atom. The summed E-state index contributed by atoms with van der Waals surface area (Å²) in [6.07, 6.45) is 2.14. The number of sulfone groups is 1. The van der Waals surface area contributed by atoms with Gasteiger partial charge in [0.05, 0.1) is 11.5 Å². The molecule has 0 saturated carbocycles. The van der Waals surface area contributed by atoms with Crippen LogP contribution in [-0.2, 0) is 14.6 Å². The van der Waals surface area contributed by atoms with E-state index in [2.05, 4.69) is 5.32 Å². The molecule has 0 aliphatic carbocycles. The molecule has 112 valence electrons. The van der Waals surface area contributed by atoms with Crippen molar-refractivity contribution in [2.45, 2.75) is 39.2 Å². The van der Waals surface area contributed by atoms with E-state index >= 15 is 0 Å². The molecule has 0 bridgehead atoms. The zero-order valence-electron chi connectivity index (χ0n) is 12.2. The van der Waals surface area contributed by atoms with Gasteiger partial charge in [0.2, 0.25) is 5.91 Å². The highest BCUT2D eigenvalue weighted by atomic mass is 32.2. The topological polar surface area (TPSA) is 66.5 Å². The number of nitrogens with one attached hydrogen (secondary N) is 1. The average Bonchev–Trinajstić information content (AvgIpc) is 2.73. The van der Waals surface area contributed by atoms with Crippen molar-refractivity contribution in [1.29, 1.82) is 0 Å². The molecule has 5 nitrogen and oxygen atoms in total. The molecule has 6 heteroatoms. The summed E-state index contributed by atoms with van der Waals surface area (Å²) in [7, 11) is -1.23. The Morgan fingerprint density at radius 2 is 2.11 bits per heavy atom. The van der Waals surface area contributed by atoms with Gasteiger partial charge in [0, 0.05) is 25.6 Å². The first-order valence-electron chi connectivity index (χ1n) is 7.00. The maximum Gasteiger partial charge on any atom is 0.223 e. The van der Waals surface area contributed by atoms with Gasteiger partial charge in [0.1, 0.15) is 0 Å². The zero-order chi connectivity index (χ0) is 14.5. The fraction of sp³-hybridized carbons (Fsp3) is 0.923. The predicted octanol–water partition coefficient (Wildman–Crippen LogP) is 0.658. The number of carbonyl (C=O) groups is 1. The summed E-state index contributed by atoms with van der Waals surface area (Å²) >= 11 is 0. The molecule has 1 heterocycles. The van der Waals surface area contributed by atoms with E-state index in [1.165, 1.54) is 0 Å². The lowest BCUT2D eigenvalue weighted by atomic mass is 10.2. The van der Waals surface area contributed by atoms with Crippen LogP contribution in [0, 0.1) is 5.92 Å². The monoisotopic (exact) mass is 290 g/mol. The van der Waals surface area contributed by atoms with E-state index in [4.69, 9.17) is 0 Å². The van der Waals surface area contributed by atoms with E-state index in [9.17, 15) is 13.2 Å². The molecule has 1 rings (SSSR count). The maximum absolute atomic E-state index is 12.1. The van der Waals surface area contributed by atoms with Gasteiger partial charge < -0.3 is 10.2 Å². The van der Waals surface area contributed by atoms with Crippen molar-refractivity contribution in [3.05, 3.63) is 0 Å². The number of rotatable bonds is 7. The third-order valence-electron chi connectivity index (χ3n) is 3.35. The van der Waals surface area contributed by atoms with Crippen LogP contribution in [-0.4, -0.2) is 56.9 Å². The quantitative estimate of drug-likeness (QED) is 0.748. The van der Waals surface area contributed by atoms with Crippen LogP contribution in [0.2, 0.25) is 0 Å². The van der Waals surface area contributed by atoms with E-state index in [0.29, 0.717) is 0 Å². The van der Waals surface area contributed by atoms with E-state index in [0.717, 1.165) is 25.9 Å². The smallest absolute Gasteiger partial charge is 0.223 e. The number of hydrogen-bond donors (Lipinski definition) is 1. The van der Waals surface area contributed by atoms with E-state index in [1.807, 2.05) is 25.8 Å². The van der Waals surface area contributed by atoms with Gasteiger partial charge in [-0.1, -0.05) is 13.8 Å². The summed E-state index contributed by atoms with van der Waals surface area (Å²) in [5.41, 5.74) is 0. The second-order valence-electron chi connectivity index (χ2n) is 5.70. The number of hydrogen-bond acceptors (Lipinski definition) is 4. The van der Waals surface area contributed by atoms with Crippen LogP contribution < -0.4 is 5.32 Å². The van der Waals surface area contributed by atoms with Gasteiger partial charge in [-0.3, -0.25) is 4.79 Å². The van der Waals surface area contributed by atoms with Crippen molar-refractivity contribution in [2.24, 2.45) is 5.92 Å². The number of carbonyl (C=O) groups excluding carboxylic acids is 1. The molecule has 0 aromatic heterocycles. The molecule has 1 saturated heterocycles. The highest BCUT2D eigenvalue weighted by Crippen LogP contribution is 2.18. The lowest BCUT2D eigenvalue weighted by Gasteiger charge is -2.24. The van der Waals surface area contributed by atoms with Crippen LogP contribution in [0.5, 0.6) is 0 Å². The summed E-state index contributed by atoms with van der Waals surface area (Å²) in [5, 5.41) is 3.08. The van der Waals surface area contributed by atoms with Crippen LogP contribution in [0.15, 0.2) is 0 Å². The van der Waals surface area contributed by atoms with Crippen LogP contribution in [0.3, 0.4) is 0 Å². The third-order valence-corrected chi connectivity index (χ3v) is 5.35. The Bertz CT molecular complexity index is 393. The first-order valence-corrected chi connectivity index (χ1v) is 8.82. The van der Waals surface area contributed by atoms with Gasteiger partial charge in [-0.2, -0.15) is 0 Å². The summed E-state index contributed by atoms with van der Waals surface area (Å²) in [6.45, 7) is 5.30. The van der Waals surface area contributed by atoms with Crippen LogP contribution >= 0.6 is 0 Å². The van der Waals surface area contributed by atoms with E-state index < -0.39 is 9.84 Å². The Kier molecular flexibility index (Phi) is 6.26. The second-order valence-corrected chi connectivity index (χ2v) is 7.93. The summed E-state index contributed by atoms with van der Waals surface area (Å²) in [6, 6.07) is 0.227. The zero-order valence-corrected chi connectivity index (χ0v) is 13.0. The average molecular weight is 290 g/mol. The van der Waals surface area contributed by atoms with Gasteiger partial charge in [-0.25, -0.2) is 8.42 Å². The highest BCUT2D eigenvalue weighted by Gasteiger charge is 2.28. The van der Waals surface area contributed by atoms with Crippen molar-refractivity contribution >= 4 is 15.7 Å². The Morgan fingerprint density at radius 1 is 1.42 bits per heavy atom. The molecule has 0 spiro atoms. The molecule has 0 aromatic rings. The second kappa shape index (κ2) is 7.24. The normalized spacial score (nSPS) is 20.2. The highest BCUT2D eigenvalue weighted by molar-refractivity contribution is 7.91. The van der Waals surface area contributed by atoms with Crippen LogP contribution in [0.4, 0.5) is 0 Å². The Labute approximate surface area is 116 Å². The fourth-order valence-corrected chi connectivity index (χ4v) is 4.26. The molecular weight excluding hydrogens is 264 g/mol. The molecule has 1 N–H and O–H groups in total. The molecule has 19 heavy (non-hydrogen) atoms. The van der Waals surface area contributed by atoms with E-state index in [-0.39, 0.29) is 35.8 Å². The van der Waals surface area contributed by atoms with Crippen LogP contribution in [0.25, 0.3) is 0 Å². The minimum Gasteiger partial charge on any atom is -0.338 e. The molecule has 1 atom stereocenters. The van der Waals surface area contributed by atoms with Gasteiger partial charge >= 0.3 is 0 Å². The third kappa shape index (κ3) is 5.48. The standard InChI is InChI=1S/C13H26N2O3S/c1-11(2)10-19(17,18)8-6-13(16)15-7-4-5-12(15)9-14-3/h11-12,14H,4-10H2,1-3H3. The molecule has 1 unspecified atom stereocenters. The lowest BCUT2D eigenvalue weighted by Crippen LogP contribution is -2.41. The van der Waals surface area contributed by atoms with Crippen molar-refractivity contribution < 1.29 is 13.2 Å². The molecule has 1 aliphatic rings. The molecule has 0 aromatic carbocycles. The number of nitrogens with zero attached hydrogens (tertiary/aromatic N) is 1. The Balaban J connectivity index is 2.47. The molecular formula is C13H26N2O3S. The molecule has 1 fully saturated rings. The SMILES string of the molecule is CNCC1CCCN1C(=O)CCS(=O)(=O)CC(C)C.